The number of nitrogens with zero attached hydrogens (tertiary/aromatic N) is 2. The number of hydrogen-bond acceptors (Lipinski definition) is 3. The molecule has 0 saturated carbocycles. The van der Waals surface area contributed by atoms with Gasteiger partial charge in [-0.05, 0) is 42.3 Å². The average Bonchev–Trinajstić information content (AvgIpc) is 3.11. The summed E-state index contributed by atoms with van der Waals surface area (Å²) in [6.07, 6.45) is 3.30. The lowest BCUT2D eigenvalue weighted by molar-refractivity contribution is 0.122. The standard InChI is InChI=1S/C19H20FN3O.C2H6/c1-21-19-16(8-9-20)14-17(22-19)5-2-15-3-6-18(7-4-15)23-10-12-24-13-11-23;1-2/h3-4,6-8,14H,9-13H2,1H3,(H,21,22);1-2H3/b16-8-;. The average molecular weight is 355 g/mol. The van der Waals surface area contributed by atoms with E-state index in [1.54, 1.807) is 7.05 Å². The van der Waals surface area contributed by atoms with Crippen molar-refractivity contribution in [1.29, 1.82) is 0 Å². The van der Waals surface area contributed by atoms with E-state index < -0.39 is 6.67 Å². The first-order chi connectivity index (χ1) is 12.8. The van der Waals surface area contributed by atoms with Gasteiger partial charge >= 0.3 is 0 Å². The van der Waals surface area contributed by atoms with Crippen LogP contribution in [-0.4, -0.2) is 45.9 Å². The van der Waals surface area contributed by atoms with Crippen LogP contribution < -0.4 is 10.2 Å². The number of aliphatic imine (C=N–C) groups is 1. The van der Waals surface area contributed by atoms with Crippen molar-refractivity contribution in [2.75, 3.05) is 44.9 Å². The van der Waals surface area contributed by atoms with Crippen molar-refractivity contribution in [3.05, 3.63) is 53.3 Å². The number of anilines is 1. The minimum Gasteiger partial charge on any atom is -0.378 e. The molecule has 2 aliphatic rings. The van der Waals surface area contributed by atoms with Gasteiger partial charge in [0.15, 0.2) is 0 Å². The van der Waals surface area contributed by atoms with Crippen molar-refractivity contribution in [2.24, 2.45) is 4.99 Å². The van der Waals surface area contributed by atoms with Gasteiger partial charge in [-0.25, -0.2) is 4.39 Å². The van der Waals surface area contributed by atoms with Gasteiger partial charge in [-0.2, -0.15) is 0 Å². The Labute approximate surface area is 155 Å². The fourth-order valence-corrected chi connectivity index (χ4v) is 2.67. The molecule has 0 spiro atoms. The third-order valence-corrected chi connectivity index (χ3v) is 3.93. The predicted octanol–water partition coefficient (Wildman–Crippen LogP) is 3.31. The van der Waals surface area contributed by atoms with E-state index in [0.29, 0.717) is 5.84 Å². The molecule has 0 aromatic heterocycles. The van der Waals surface area contributed by atoms with Crippen LogP contribution in [0.1, 0.15) is 19.4 Å². The summed E-state index contributed by atoms with van der Waals surface area (Å²) < 4.78 is 17.9. The first-order valence-electron chi connectivity index (χ1n) is 8.97. The second kappa shape index (κ2) is 10.4. The van der Waals surface area contributed by atoms with Crippen molar-refractivity contribution >= 4 is 11.5 Å². The van der Waals surface area contributed by atoms with Crippen LogP contribution in [0.5, 0.6) is 0 Å². The van der Waals surface area contributed by atoms with E-state index in [9.17, 15) is 4.39 Å². The highest BCUT2D eigenvalue weighted by Gasteiger charge is 2.13. The van der Waals surface area contributed by atoms with Crippen LogP contribution >= 0.6 is 0 Å². The first-order valence-corrected chi connectivity index (χ1v) is 8.97. The molecule has 0 aliphatic carbocycles. The number of benzene rings is 1. The first kappa shape index (κ1) is 19.7. The number of morpholine rings is 1. The van der Waals surface area contributed by atoms with Crippen molar-refractivity contribution in [3.63, 3.8) is 0 Å². The fourth-order valence-electron chi connectivity index (χ4n) is 2.67. The third-order valence-electron chi connectivity index (χ3n) is 3.93. The zero-order valence-electron chi connectivity index (χ0n) is 15.7. The molecule has 26 heavy (non-hydrogen) atoms. The van der Waals surface area contributed by atoms with Gasteiger partial charge in [0.2, 0.25) is 0 Å². The van der Waals surface area contributed by atoms with E-state index in [1.165, 1.54) is 11.8 Å². The normalized spacial score (nSPS) is 19.2. The SMILES string of the molecule is CC.CN=C1NC(C#Cc2ccc(N3CCOCC3)cc2)=C/C1=C/CF. The van der Waals surface area contributed by atoms with Gasteiger partial charge in [0.1, 0.15) is 12.5 Å². The highest BCUT2D eigenvalue weighted by atomic mass is 19.1. The molecule has 1 N–H and O–H groups in total. The number of hydrogen-bond donors (Lipinski definition) is 1. The minimum atomic E-state index is -0.518. The van der Waals surface area contributed by atoms with Gasteiger partial charge in [-0.3, -0.25) is 4.99 Å². The maximum atomic E-state index is 12.5. The molecule has 1 aromatic carbocycles. The lowest BCUT2D eigenvalue weighted by Crippen LogP contribution is -2.36. The molecule has 0 unspecified atom stereocenters. The van der Waals surface area contributed by atoms with Gasteiger partial charge in [-0.1, -0.05) is 19.8 Å². The second-order valence-corrected chi connectivity index (χ2v) is 5.47. The summed E-state index contributed by atoms with van der Waals surface area (Å²) in [4.78, 5) is 6.40. The maximum Gasteiger partial charge on any atom is 0.132 e. The number of amidine groups is 1. The summed E-state index contributed by atoms with van der Waals surface area (Å²) >= 11 is 0. The Morgan fingerprint density at radius 1 is 1.19 bits per heavy atom. The Morgan fingerprint density at radius 3 is 2.50 bits per heavy atom. The fraction of sp³-hybridized carbons (Fsp3) is 0.381. The van der Waals surface area contributed by atoms with Crippen LogP contribution in [0.4, 0.5) is 10.1 Å². The van der Waals surface area contributed by atoms with E-state index in [4.69, 9.17) is 4.74 Å². The Bertz CT molecular complexity index is 733. The van der Waals surface area contributed by atoms with Gasteiger partial charge in [0, 0.05) is 37.0 Å². The lowest BCUT2D eigenvalue weighted by Gasteiger charge is -2.28. The summed E-state index contributed by atoms with van der Waals surface area (Å²) in [6.45, 7) is 6.88. The largest absolute Gasteiger partial charge is 0.378 e. The van der Waals surface area contributed by atoms with Crippen molar-refractivity contribution in [2.45, 2.75) is 13.8 Å². The molecule has 0 atom stereocenters. The van der Waals surface area contributed by atoms with E-state index in [1.807, 2.05) is 32.1 Å². The summed E-state index contributed by atoms with van der Waals surface area (Å²) in [5, 5.41) is 3.09. The van der Waals surface area contributed by atoms with E-state index in [2.05, 4.69) is 39.2 Å². The topological polar surface area (TPSA) is 36.9 Å². The van der Waals surface area contributed by atoms with E-state index >= 15 is 0 Å². The van der Waals surface area contributed by atoms with Gasteiger partial charge in [-0.15, -0.1) is 0 Å². The molecular formula is C21H26FN3O. The molecule has 0 amide bonds. The minimum absolute atomic E-state index is 0.518. The van der Waals surface area contributed by atoms with Crippen molar-refractivity contribution in [1.82, 2.24) is 5.32 Å². The van der Waals surface area contributed by atoms with Gasteiger partial charge in [0.25, 0.3) is 0 Å². The van der Waals surface area contributed by atoms with Crippen molar-refractivity contribution < 1.29 is 9.13 Å². The highest BCUT2D eigenvalue weighted by Crippen LogP contribution is 2.16. The molecule has 2 heterocycles. The van der Waals surface area contributed by atoms with Gasteiger partial charge < -0.3 is 15.0 Å². The van der Waals surface area contributed by atoms with Crippen LogP contribution in [0.2, 0.25) is 0 Å². The summed E-state index contributed by atoms with van der Waals surface area (Å²) in [5.74, 6) is 6.85. The van der Waals surface area contributed by atoms with E-state index in [-0.39, 0.29) is 0 Å². The second-order valence-electron chi connectivity index (χ2n) is 5.47. The summed E-state index contributed by atoms with van der Waals surface area (Å²) in [5.41, 5.74) is 3.60. The molecule has 5 heteroatoms. The summed E-state index contributed by atoms with van der Waals surface area (Å²) in [6, 6.07) is 8.19. The molecule has 1 fully saturated rings. The maximum absolute atomic E-state index is 12.5. The number of ether oxygens (including phenoxy) is 1. The highest BCUT2D eigenvalue weighted by molar-refractivity contribution is 6.05. The van der Waals surface area contributed by atoms with Crippen LogP contribution in [0.15, 0.2) is 52.7 Å². The molecule has 1 saturated heterocycles. The van der Waals surface area contributed by atoms with Crippen LogP contribution in [-0.2, 0) is 4.74 Å². The molecule has 3 rings (SSSR count). The number of halogens is 1. The number of nitrogens with one attached hydrogen (secondary N) is 1. The predicted molar refractivity (Wildman–Crippen MR) is 106 cm³/mol. The Kier molecular flexibility index (Phi) is 7.91. The monoisotopic (exact) mass is 355 g/mol. The number of rotatable bonds is 2. The Balaban J connectivity index is 0.00000117. The molecule has 4 nitrogen and oxygen atoms in total. The van der Waals surface area contributed by atoms with Crippen LogP contribution in [0, 0.1) is 11.8 Å². The molecule has 2 aliphatic heterocycles. The molecule has 0 bridgehead atoms. The zero-order valence-corrected chi connectivity index (χ0v) is 15.7. The molecular weight excluding hydrogens is 329 g/mol. The smallest absolute Gasteiger partial charge is 0.132 e. The van der Waals surface area contributed by atoms with E-state index in [0.717, 1.165) is 43.1 Å². The molecule has 0 radical (unpaired) electrons. The quantitative estimate of drug-likeness (QED) is 0.827. The molecule has 138 valence electrons. The third kappa shape index (κ3) is 5.21. The van der Waals surface area contributed by atoms with Crippen LogP contribution in [0.3, 0.4) is 0 Å². The summed E-state index contributed by atoms with van der Waals surface area (Å²) in [7, 11) is 1.67. The molecule has 1 aromatic rings. The Morgan fingerprint density at radius 2 is 1.88 bits per heavy atom. The zero-order chi connectivity index (χ0) is 18.8. The Hall–Kier alpha value is -2.58. The van der Waals surface area contributed by atoms with Crippen LogP contribution in [0.25, 0.3) is 0 Å². The van der Waals surface area contributed by atoms with Crippen molar-refractivity contribution in [3.8, 4) is 11.8 Å². The number of allylic oxidation sites excluding steroid dienone is 2. The van der Waals surface area contributed by atoms with Gasteiger partial charge in [0.05, 0.1) is 18.9 Å². The number of alkyl halides is 1. The lowest BCUT2D eigenvalue weighted by atomic mass is 10.2.